The average Bonchev–Trinajstić information content (AvgIpc) is 2.66. The van der Waals surface area contributed by atoms with Crippen LogP contribution in [-0.4, -0.2) is 22.5 Å². The molecule has 25 heavy (non-hydrogen) atoms. The molecule has 1 aromatic heterocycles. The van der Waals surface area contributed by atoms with Crippen LogP contribution in [-0.2, 0) is 11.3 Å². The molecule has 0 aliphatic carbocycles. The molecule has 0 aliphatic heterocycles. The highest BCUT2D eigenvalue weighted by Crippen LogP contribution is 2.17. The number of rotatable bonds is 6. The lowest BCUT2D eigenvalue weighted by Crippen LogP contribution is -2.28. The van der Waals surface area contributed by atoms with E-state index in [1.54, 1.807) is 24.3 Å². The summed E-state index contributed by atoms with van der Waals surface area (Å²) in [5.74, 6) is 0.316. The quantitative estimate of drug-likeness (QED) is 0.736. The third kappa shape index (κ3) is 5.02. The Balaban J connectivity index is 1.54. The van der Waals surface area contributed by atoms with E-state index >= 15 is 0 Å². The van der Waals surface area contributed by atoms with Crippen molar-refractivity contribution in [3.05, 3.63) is 77.7 Å². The second-order valence-electron chi connectivity index (χ2n) is 5.28. The maximum atomic E-state index is 11.9. The van der Waals surface area contributed by atoms with Gasteiger partial charge in [-0.05, 0) is 24.3 Å². The molecule has 1 heterocycles. The fraction of sp³-hybridized carbons (Fsp3) is 0.105. The summed E-state index contributed by atoms with van der Waals surface area (Å²) in [6, 6.07) is 18.6. The van der Waals surface area contributed by atoms with Crippen molar-refractivity contribution >= 4 is 17.5 Å². The SMILES string of the molecule is O=C(COc1cccc(Cl)c1)NCc1cc(-c2ccccc2)ncn1. The molecule has 1 amide bonds. The summed E-state index contributed by atoms with van der Waals surface area (Å²) in [4.78, 5) is 20.4. The van der Waals surface area contributed by atoms with E-state index in [2.05, 4.69) is 15.3 Å². The largest absolute Gasteiger partial charge is 0.484 e. The van der Waals surface area contributed by atoms with Crippen molar-refractivity contribution in [2.24, 2.45) is 0 Å². The van der Waals surface area contributed by atoms with Gasteiger partial charge in [-0.2, -0.15) is 0 Å². The highest BCUT2D eigenvalue weighted by atomic mass is 35.5. The Bertz CT molecular complexity index is 856. The normalized spacial score (nSPS) is 10.3. The number of hydrogen-bond acceptors (Lipinski definition) is 4. The molecule has 0 radical (unpaired) electrons. The molecular weight excluding hydrogens is 338 g/mol. The van der Waals surface area contributed by atoms with Gasteiger partial charge in [0.1, 0.15) is 12.1 Å². The van der Waals surface area contributed by atoms with E-state index in [9.17, 15) is 4.79 Å². The van der Waals surface area contributed by atoms with E-state index in [1.165, 1.54) is 6.33 Å². The fourth-order valence-corrected chi connectivity index (χ4v) is 2.39. The summed E-state index contributed by atoms with van der Waals surface area (Å²) < 4.78 is 5.40. The first-order valence-corrected chi connectivity index (χ1v) is 8.10. The number of ether oxygens (including phenoxy) is 1. The van der Waals surface area contributed by atoms with Crippen molar-refractivity contribution in [1.29, 1.82) is 0 Å². The van der Waals surface area contributed by atoms with Crippen LogP contribution in [0.25, 0.3) is 11.3 Å². The van der Waals surface area contributed by atoms with Gasteiger partial charge < -0.3 is 10.1 Å². The van der Waals surface area contributed by atoms with Gasteiger partial charge in [-0.3, -0.25) is 4.79 Å². The van der Waals surface area contributed by atoms with Gasteiger partial charge in [0.15, 0.2) is 6.61 Å². The van der Waals surface area contributed by atoms with Crippen LogP contribution in [0.2, 0.25) is 5.02 Å². The molecule has 0 atom stereocenters. The number of benzene rings is 2. The molecule has 3 aromatic rings. The van der Waals surface area contributed by atoms with Crippen LogP contribution in [0.1, 0.15) is 5.69 Å². The molecule has 0 aliphatic rings. The standard InChI is InChI=1S/C19H16ClN3O2/c20-15-7-4-8-17(9-15)25-12-19(24)21-11-16-10-18(23-13-22-16)14-5-2-1-3-6-14/h1-10,13H,11-12H2,(H,21,24). The van der Waals surface area contributed by atoms with Crippen molar-refractivity contribution in [1.82, 2.24) is 15.3 Å². The predicted molar refractivity (Wildman–Crippen MR) is 96.3 cm³/mol. The van der Waals surface area contributed by atoms with E-state index in [0.717, 1.165) is 17.0 Å². The lowest BCUT2D eigenvalue weighted by atomic mass is 10.1. The lowest BCUT2D eigenvalue weighted by molar-refractivity contribution is -0.123. The van der Waals surface area contributed by atoms with Crippen molar-refractivity contribution in [3.63, 3.8) is 0 Å². The van der Waals surface area contributed by atoms with Crippen molar-refractivity contribution in [3.8, 4) is 17.0 Å². The highest BCUT2D eigenvalue weighted by Gasteiger charge is 2.06. The van der Waals surface area contributed by atoms with Crippen molar-refractivity contribution in [2.75, 3.05) is 6.61 Å². The second kappa shape index (κ2) is 8.26. The molecule has 0 fully saturated rings. The Morgan fingerprint density at radius 2 is 1.88 bits per heavy atom. The van der Waals surface area contributed by atoms with Crippen molar-refractivity contribution < 1.29 is 9.53 Å². The molecule has 0 spiro atoms. The summed E-state index contributed by atoms with van der Waals surface area (Å²) in [6.07, 6.45) is 1.49. The van der Waals surface area contributed by atoms with Gasteiger partial charge in [0.05, 0.1) is 17.9 Å². The summed E-state index contributed by atoms with van der Waals surface area (Å²) in [7, 11) is 0. The van der Waals surface area contributed by atoms with E-state index < -0.39 is 0 Å². The summed E-state index contributed by atoms with van der Waals surface area (Å²) in [6.45, 7) is 0.219. The maximum absolute atomic E-state index is 11.9. The van der Waals surface area contributed by atoms with Gasteiger partial charge in [-0.1, -0.05) is 48.0 Å². The molecule has 0 bridgehead atoms. The number of amides is 1. The minimum Gasteiger partial charge on any atom is -0.484 e. The van der Waals surface area contributed by atoms with Crippen LogP contribution in [0.4, 0.5) is 0 Å². The maximum Gasteiger partial charge on any atom is 0.258 e. The molecule has 0 unspecified atom stereocenters. The number of nitrogens with one attached hydrogen (secondary N) is 1. The number of nitrogens with zero attached hydrogens (tertiary/aromatic N) is 2. The number of aromatic nitrogens is 2. The molecule has 2 aromatic carbocycles. The highest BCUT2D eigenvalue weighted by molar-refractivity contribution is 6.30. The first-order chi connectivity index (χ1) is 12.2. The van der Waals surface area contributed by atoms with Gasteiger partial charge >= 0.3 is 0 Å². The number of carbonyl (C=O) groups excluding carboxylic acids is 1. The molecule has 0 saturated carbocycles. The summed E-state index contributed by atoms with van der Waals surface area (Å²) in [5.41, 5.74) is 2.54. The zero-order valence-electron chi connectivity index (χ0n) is 13.4. The van der Waals surface area contributed by atoms with Gasteiger partial charge in [0.2, 0.25) is 0 Å². The Morgan fingerprint density at radius 1 is 1.04 bits per heavy atom. The van der Waals surface area contributed by atoms with E-state index in [4.69, 9.17) is 16.3 Å². The smallest absolute Gasteiger partial charge is 0.258 e. The van der Waals surface area contributed by atoms with Crippen LogP contribution in [0.5, 0.6) is 5.75 Å². The molecule has 6 heteroatoms. The minimum atomic E-state index is -0.236. The molecule has 3 rings (SSSR count). The first kappa shape index (κ1) is 16.9. The Kier molecular flexibility index (Phi) is 5.59. The van der Waals surface area contributed by atoms with Gasteiger partial charge in [0, 0.05) is 10.6 Å². The van der Waals surface area contributed by atoms with Crippen molar-refractivity contribution in [2.45, 2.75) is 6.54 Å². The average molecular weight is 354 g/mol. The number of halogens is 1. The Morgan fingerprint density at radius 3 is 2.68 bits per heavy atom. The zero-order chi connectivity index (χ0) is 17.5. The molecule has 0 saturated heterocycles. The molecule has 126 valence electrons. The molecular formula is C19H16ClN3O2. The van der Waals surface area contributed by atoms with Gasteiger partial charge in [0.25, 0.3) is 5.91 Å². The second-order valence-corrected chi connectivity index (χ2v) is 5.72. The van der Waals surface area contributed by atoms with Crippen LogP contribution in [0.3, 0.4) is 0 Å². The minimum absolute atomic E-state index is 0.0863. The molecule has 5 nitrogen and oxygen atoms in total. The van der Waals surface area contributed by atoms with Gasteiger partial charge in [-0.15, -0.1) is 0 Å². The van der Waals surface area contributed by atoms with E-state index in [0.29, 0.717) is 17.3 Å². The monoisotopic (exact) mass is 353 g/mol. The Hall–Kier alpha value is -2.92. The van der Waals surface area contributed by atoms with Crippen LogP contribution >= 0.6 is 11.6 Å². The fourth-order valence-electron chi connectivity index (χ4n) is 2.21. The predicted octanol–water partition coefficient (Wildman–Crippen LogP) is 3.49. The number of carbonyl (C=O) groups is 1. The van der Waals surface area contributed by atoms with Gasteiger partial charge in [-0.25, -0.2) is 9.97 Å². The topological polar surface area (TPSA) is 64.1 Å². The third-order valence-electron chi connectivity index (χ3n) is 3.43. The van der Waals surface area contributed by atoms with Crippen LogP contribution < -0.4 is 10.1 Å². The third-order valence-corrected chi connectivity index (χ3v) is 3.66. The van der Waals surface area contributed by atoms with Crippen LogP contribution in [0, 0.1) is 0 Å². The summed E-state index contributed by atoms with van der Waals surface area (Å²) >= 11 is 5.87. The van der Waals surface area contributed by atoms with Crippen LogP contribution in [0.15, 0.2) is 67.0 Å². The summed E-state index contributed by atoms with van der Waals surface area (Å²) in [5, 5.41) is 3.34. The zero-order valence-corrected chi connectivity index (χ0v) is 14.1. The van der Waals surface area contributed by atoms with E-state index in [1.807, 2.05) is 36.4 Å². The lowest BCUT2D eigenvalue weighted by Gasteiger charge is -2.08. The Labute approximate surface area is 150 Å². The number of hydrogen-bond donors (Lipinski definition) is 1. The molecule has 1 N–H and O–H groups in total. The first-order valence-electron chi connectivity index (χ1n) is 7.72. The van der Waals surface area contributed by atoms with E-state index in [-0.39, 0.29) is 12.5 Å².